The number of tetrazole rings is 1. The zero-order valence-corrected chi connectivity index (χ0v) is 29.2. The summed E-state index contributed by atoms with van der Waals surface area (Å²) in [5, 5.41) is 29.1. The Morgan fingerprint density at radius 2 is 1.80 bits per heavy atom. The van der Waals surface area contributed by atoms with Gasteiger partial charge in [0.2, 0.25) is 17.6 Å². The van der Waals surface area contributed by atoms with Gasteiger partial charge in [-0.1, -0.05) is 91.7 Å². The Morgan fingerprint density at radius 3 is 2.57 bits per heavy atom. The number of hydrogen-bond acceptors (Lipinski definition) is 8. The molecule has 1 saturated carbocycles. The van der Waals surface area contributed by atoms with Crippen molar-refractivity contribution in [1.82, 2.24) is 35.7 Å². The zero-order valence-electron chi connectivity index (χ0n) is 29.2. The largest absolute Gasteiger partial charge is 0.479 e. The van der Waals surface area contributed by atoms with E-state index in [-0.39, 0.29) is 25.3 Å². The first-order valence-corrected chi connectivity index (χ1v) is 17.6. The number of nitrogens with zero attached hydrogens (tertiary/aromatic N) is 5. The smallest absolute Gasteiger partial charge is 0.408 e. The van der Waals surface area contributed by atoms with Gasteiger partial charge in [-0.25, -0.2) is 9.59 Å². The third kappa shape index (κ3) is 8.35. The molecule has 5 atom stereocenters. The highest BCUT2D eigenvalue weighted by Gasteiger charge is 2.61. The van der Waals surface area contributed by atoms with Gasteiger partial charge in [-0.15, -0.1) is 10.2 Å². The van der Waals surface area contributed by atoms with Crippen molar-refractivity contribution < 1.29 is 29.0 Å². The number of carboxylic acids is 1. The van der Waals surface area contributed by atoms with Crippen molar-refractivity contribution in [3.63, 3.8) is 0 Å². The van der Waals surface area contributed by atoms with Crippen molar-refractivity contribution in [2.75, 3.05) is 6.54 Å². The second-order valence-corrected chi connectivity index (χ2v) is 14.5. The number of allylic oxidation sites excluding steroid dienone is 1. The summed E-state index contributed by atoms with van der Waals surface area (Å²) < 4.78 is 5.48. The second kappa shape index (κ2) is 14.9. The van der Waals surface area contributed by atoms with Crippen LogP contribution >= 0.6 is 0 Å². The Kier molecular flexibility index (Phi) is 10.4. The Labute approximate surface area is 297 Å². The highest BCUT2D eigenvalue weighted by Crippen LogP contribution is 2.45. The molecule has 0 spiro atoms. The molecule has 13 heteroatoms. The van der Waals surface area contributed by atoms with Crippen LogP contribution in [-0.4, -0.2) is 83.9 Å². The fourth-order valence-electron chi connectivity index (χ4n) is 6.78. The number of hydrogen-bond donors (Lipinski definition) is 3. The SMILES string of the molecule is CC(C)(C)OC(=O)NC1CCCCC/C=C\C2CC2(C(=O)O)NC(=O)C2C[C@@H](n3nnc(-c4ccccc4/C=C/c4ccccc4)n3)CN2C1=O. The molecule has 4 unspecified atom stereocenters. The molecule has 3 aliphatic rings. The molecule has 13 nitrogen and oxygen atoms in total. The molecule has 2 fully saturated rings. The fraction of sp³-hybridized carbons (Fsp3) is 0.447. The highest BCUT2D eigenvalue weighted by atomic mass is 16.6. The van der Waals surface area contributed by atoms with E-state index in [1.54, 1.807) is 20.8 Å². The van der Waals surface area contributed by atoms with Crippen LogP contribution in [0.4, 0.5) is 4.79 Å². The van der Waals surface area contributed by atoms with Crippen molar-refractivity contribution in [3.05, 3.63) is 77.9 Å². The lowest BCUT2D eigenvalue weighted by molar-refractivity contribution is -0.145. The zero-order chi connectivity index (χ0) is 36.2. The molecule has 3 N–H and O–H groups in total. The molecule has 3 amide bonds. The van der Waals surface area contributed by atoms with Crippen LogP contribution in [0.5, 0.6) is 0 Å². The quantitative estimate of drug-likeness (QED) is 0.237. The van der Waals surface area contributed by atoms with Gasteiger partial charge in [-0.05, 0) is 62.8 Å². The number of carboxylic acid groups (broad SMARTS) is 1. The normalized spacial score (nSPS) is 26.3. The summed E-state index contributed by atoms with van der Waals surface area (Å²) in [5.41, 5.74) is 0.468. The lowest BCUT2D eigenvalue weighted by Gasteiger charge is -2.30. The number of carbonyl (C=O) groups excluding carboxylic acids is 3. The van der Waals surface area contributed by atoms with E-state index in [2.05, 4.69) is 20.9 Å². The van der Waals surface area contributed by atoms with E-state index in [4.69, 9.17) is 9.84 Å². The Morgan fingerprint density at radius 1 is 1.04 bits per heavy atom. The topological polar surface area (TPSA) is 169 Å². The number of amides is 3. The molecule has 0 bridgehead atoms. The average molecular weight is 696 g/mol. The molecule has 3 heterocycles. The standard InChI is InChI=1S/C38H45N7O6/c1-37(2,3)51-36(50)39-30-19-11-6-4-5-10-17-27-23-38(27,35(48)49)40-33(46)31-22-28(24-44(31)34(30)47)45-42-32(41-43-45)29-18-13-12-16-26(29)21-20-25-14-8-7-9-15-25/h7-10,12-18,20-21,27-28,30-31H,4-6,11,19,22-24H2,1-3H3,(H,39,50)(H,40,46)(H,48,49)/b17-10-,21-20+/t27?,28-,30?,31?,38?/m1/s1. The Balaban J connectivity index is 1.29. The van der Waals surface area contributed by atoms with Crippen LogP contribution in [0.1, 0.15) is 82.9 Å². The third-order valence-corrected chi connectivity index (χ3v) is 9.54. The van der Waals surface area contributed by atoms with Crippen molar-refractivity contribution >= 4 is 36.0 Å². The minimum atomic E-state index is -1.44. The number of nitrogens with one attached hydrogen (secondary N) is 2. The number of aliphatic carboxylic acids is 1. The lowest BCUT2D eigenvalue weighted by atomic mass is 10.0. The van der Waals surface area contributed by atoms with Crippen molar-refractivity contribution in [1.29, 1.82) is 0 Å². The minimum absolute atomic E-state index is 0.0537. The highest BCUT2D eigenvalue weighted by molar-refractivity contribution is 5.96. The molecule has 1 aliphatic carbocycles. The first-order valence-electron chi connectivity index (χ1n) is 17.6. The number of ether oxygens (including phenoxy) is 1. The van der Waals surface area contributed by atoms with Crippen LogP contribution in [-0.2, 0) is 19.1 Å². The van der Waals surface area contributed by atoms with E-state index < -0.39 is 53.1 Å². The van der Waals surface area contributed by atoms with Crippen LogP contribution in [0, 0.1) is 5.92 Å². The summed E-state index contributed by atoms with van der Waals surface area (Å²) in [7, 11) is 0. The third-order valence-electron chi connectivity index (χ3n) is 9.54. The molecular formula is C38H45N7O6. The predicted molar refractivity (Wildman–Crippen MR) is 190 cm³/mol. The molecule has 2 aliphatic heterocycles. The van der Waals surface area contributed by atoms with Crippen LogP contribution in [0.3, 0.4) is 0 Å². The number of fused-ring (bicyclic) bond motifs is 2. The van der Waals surface area contributed by atoms with Gasteiger partial charge < -0.3 is 25.4 Å². The molecule has 6 rings (SSSR count). The molecule has 1 saturated heterocycles. The van der Waals surface area contributed by atoms with E-state index in [0.29, 0.717) is 18.7 Å². The van der Waals surface area contributed by atoms with E-state index in [1.165, 1.54) is 9.70 Å². The van der Waals surface area contributed by atoms with Crippen LogP contribution < -0.4 is 10.6 Å². The van der Waals surface area contributed by atoms with E-state index in [9.17, 15) is 24.3 Å². The Bertz CT molecular complexity index is 1820. The van der Waals surface area contributed by atoms with E-state index in [0.717, 1.165) is 36.0 Å². The Hall–Kier alpha value is -5.33. The monoisotopic (exact) mass is 695 g/mol. The summed E-state index contributed by atoms with van der Waals surface area (Å²) in [5.74, 6) is -2.11. The van der Waals surface area contributed by atoms with Gasteiger partial charge in [0.05, 0.1) is 6.04 Å². The fourth-order valence-corrected chi connectivity index (χ4v) is 6.78. The van der Waals surface area contributed by atoms with Gasteiger partial charge in [0.15, 0.2) is 0 Å². The number of carbonyl (C=O) groups is 4. The van der Waals surface area contributed by atoms with Gasteiger partial charge in [0.1, 0.15) is 23.2 Å². The van der Waals surface area contributed by atoms with Gasteiger partial charge in [0, 0.05) is 24.4 Å². The van der Waals surface area contributed by atoms with Crippen molar-refractivity contribution in [2.45, 2.75) is 95.0 Å². The number of aromatic nitrogens is 4. The number of alkyl carbamates (subject to hydrolysis) is 1. The number of benzene rings is 2. The van der Waals surface area contributed by atoms with E-state index in [1.807, 2.05) is 78.9 Å². The summed E-state index contributed by atoms with van der Waals surface area (Å²) in [4.78, 5) is 56.5. The summed E-state index contributed by atoms with van der Waals surface area (Å²) in [6.45, 7) is 5.28. The molecule has 268 valence electrons. The molecule has 0 radical (unpaired) electrons. The van der Waals surface area contributed by atoms with E-state index >= 15 is 0 Å². The van der Waals surface area contributed by atoms with Crippen LogP contribution in [0.25, 0.3) is 23.5 Å². The molecule has 3 aromatic rings. The molecular weight excluding hydrogens is 650 g/mol. The van der Waals surface area contributed by atoms with Gasteiger partial charge >= 0.3 is 12.1 Å². The average Bonchev–Trinajstić information content (AvgIpc) is 3.39. The molecule has 2 aromatic carbocycles. The summed E-state index contributed by atoms with van der Waals surface area (Å²) in [6.07, 6.45) is 10.9. The summed E-state index contributed by atoms with van der Waals surface area (Å²) in [6, 6.07) is 15.1. The first-order chi connectivity index (χ1) is 24.4. The first kappa shape index (κ1) is 35.5. The van der Waals surface area contributed by atoms with Gasteiger partial charge in [-0.3, -0.25) is 9.59 Å². The van der Waals surface area contributed by atoms with Crippen LogP contribution in [0.15, 0.2) is 66.7 Å². The number of rotatable bonds is 6. The lowest BCUT2D eigenvalue weighted by Crippen LogP contribution is -2.56. The minimum Gasteiger partial charge on any atom is -0.479 e. The maximum atomic E-state index is 14.3. The van der Waals surface area contributed by atoms with Gasteiger partial charge in [-0.2, -0.15) is 4.80 Å². The van der Waals surface area contributed by atoms with Gasteiger partial charge in [0.25, 0.3) is 0 Å². The maximum Gasteiger partial charge on any atom is 0.408 e. The molecule has 1 aromatic heterocycles. The predicted octanol–water partition coefficient (Wildman–Crippen LogP) is 5.03. The van der Waals surface area contributed by atoms with Crippen LogP contribution in [0.2, 0.25) is 0 Å². The summed E-state index contributed by atoms with van der Waals surface area (Å²) >= 11 is 0. The second-order valence-electron chi connectivity index (χ2n) is 14.5. The van der Waals surface area contributed by atoms with Crippen molar-refractivity contribution in [2.24, 2.45) is 5.92 Å². The maximum absolute atomic E-state index is 14.3. The van der Waals surface area contributed by atoms with Crippen molar-refractivity contribution in [3.8, 4) is 11.4 Å². The molecule has 51 heavy (non-hydrogen) atoms.